The minimum Gasteiger partial charge on any atom is -0.396 e. The van der Waals surface area contributed by atoms with Gasteiger partial charge in [0.1, 0.15) is 5.82 Å². The molecule has 0 amide bonds. The zero-order valence-corrected chi connectivity index (χ0v) is 6.63. The maximum Gasteiger partial charge on any atom is 0.146 e. The van der Waals surface area contributed by atoms with Crippen molar-refractivity contribution in [3.05, 3.63) is 35.7 Å². The van der Waals surface area contributed by atoms with E-state index in [1.807, 2.05) is 0 Å². The molecule has 2 nitrogen and oxygen atoms in total. The van der Waals surface area contributed by atoms with Crippen LogP contribution in [0.2, 0.25) is 0 Å². The van der Waals surface area contributed by atoms with Gasteiger partial charge >= 0.3 is 0 Å². The van der Waals surface area contributed by atoms with Gasteiger partial charge in [-0.25, -0.2) is 4.39 Å². The lowest BCUT2D eigenvalue weighted by Gasteiger charge is -1.97. The Kier molecular flexibility index (Phi) is 2.82. The van der Waals surface area contributed by atoms with Crippen LogP contribution >= 0.6 is 0 Å². The maximum atomic E-state index is 12.6. The Morgan fingerprint density at radius 2 is 2.17 bits per heavy atom. The van der Waals surface area contributed by atoms with Crippen LogP contribution in [0.25, 0.3) is 6.08 Å². The van der Waals surface area contributed by atoms with Crippen molar-refractivity contribution in [2.75, 3.05) is 12.3 Å². The van der Waals surface area contributed by atoms with E-state index in [1.54, 1.807) is 24.3 Å². The van der Waals surface area contributed by atoms with Gasteiger partial charge in [-0.15, -0.1) is 0 Å². The standard InChI is InChI=1S/C9H11FN2/c10-8-4-3-7(2-1-5-11)6-9(8)12/h1-4,6H,5,11-12H2/b2-1+. The fraction of sp³-hybridized carbons (Fsp3) is 0.111. The molecule has 0 aromatic heterocycles. The monoisotopic (exact) mass is 166 g/mol. The fourth-order valence-corrected chi connectivity index (χ4v) is 0.870. The summed E-state index contributed by atoms with van der Waals surface area (Å²) in [7, 11) is 0. The highest BCUT2D eigenvalue weighted by Crippen LogP contribution is 2.12. The lowest BCUT2D eigenvalue weighted by atomic mass is 10.2. The predicted molar refractivity (Wildman–Crippen MR) is 48.9 cm³/mol. The van der Waals surface area contributed by atoms with E-state index in [-0.39, 0.29) is 11.5 Å². The first-order chi connectivity index (χ1) is 5.74. The molecule has 1 rings (SSSR count). The quantitative estimate of drug-likeness (QED) is 0.652. The molecule has 0 fully saturated rings. The molecule has 0 spiro atoms. The van der Waals surface area contributed by atoms with E-state index in [0.717, 1.165) is 5.56 Å². The second kappa shape index (κ2) is 3.88. The molecule has 0 radical (unpaired) electrons. The molecular weight excluding hydrogens is 155 g/mol. The summed E-state index contributed by atoms with van der Waals surface area (Å²) in [5, 5.41) is 0. The van der Waals surface area contributed by atoms with Gasteiger partial charge in [-0.1, -0.05) is 18.2 Å². The fourth-order valence-electron chi connectivity index (χ4n) is 0.870. The lowest BCUT2D eigenvalue weighted by molar-refractivity contribution is 0.632. The summed E-state index contributed by atoms with van der Waals surface area (Å²) in [6.07, 6.45) is 3.59. The Balaban J connectivity index is 2.89. The maximum absolute atomic E-state index is 12.6. The third kappa shape index (κ3) is 2.07. The van der Waals surface area contributed by atoms with E-state index in [4.69, 9.17) is 11.5 Å². The summed E-state index contributed by atoms with van der Waals surface area (Å²) in [5.41, 5.74) is 11.6. The van der Waals surface area contributed by atoms with Crippen LogP contribution in [0.15, 0.2) is 24.3 Å². The van der Waals surface area contributed by atoms with E-state index < -0.39 is 0 Å². The minimum absolute atomic E-state index is 0.161. The Labute approximate surface area is 70.7 Å². The van der Waals surface area contributed by atoms with Crippen molar-refractivity contribution in [3.63, 3.8) is 0 Å². The predicted octanol–water partition coefficient (Wildman–Crippen LogP) is 1.38. The third-order valence-corrected chi connectivity index (χ3v) is 1.47. The van der Waals surface area contributed by atoms with Crippen LogP contribution in [0.5, 0.6) is 0 Å². The number of benzene rings is 1. The summed E-state index contributed by atoms with van der Waals surface area (Å²) in [5.74, 6) is -0.389. The normalized spacial score (nSPS) is 10.8. The van der Waals surface area contributed by atoms with Crippen LogP contribution in [0.3, 0.4) is 0 Å². The molecule has 0 aliphatic heterocycles. The average Bonchev–Trinajstić information content (AvgIpc) is 2.07. The molecule has 1 aromatic rings. The summed E-state index contributed by atoms with van der Waals surface area (Å²) in [6, 6.07) is 4.56. The summed E-state index contributed by atoms with van der Waals surface area (Å²) in [6.45, 7) is 0.470. The van der Waals surface area contributed by atoms with Gasteiger partial charge in [0.05, 0.1) is 5.69 Å². The lowest BCUT2D eigenvalue weighted by Crippen LogP contribution is -1.93. The number of hydrogen-bond donors (Lipinski definition) is 2. The van der Waals surface area contributed by atoms with Crippen LogP contribution in [-0.2, 0) is 0 Å². The van der Waals surface area contributed by atoms with Crippen molar-refractivity contribution in [1.82, 2.24) is 0 Å². The van der Waals surface area contributed by atoms with Gasteiger partial charge in [-0.05, 0) is 17.7 Å². The van der Waals surface area contributed by atoms with Crippen molar-refractivity contribution < 1.29 is 4.39 Å². The molecular formula is C9H11FN2. The van der Waals surface area contributed by atoms with E-state index in [1.165, 1.54) is 6.07 Å². The second-order valence-corrected chi connectivity index (χ2v) is 2.42. The molecule has 0 aliphatic rings. The molecule has 64 valence electrons. The first-order valence-corrected chi connectivity index (χ1v) is 3.65. The molecule has 0 aliphatic carbocycles. The highest BCUT2D eigenvalue weighted by atomic mass is 19.1. The summed E-state index contributed by atoms with van der Waals surface area (Å²) >= 11 is 0. The van der Waals surface area contributed by atoms with Gasteiger partial charge in [-0.2, -0.15) is 0 Å². The molecule has 12 heavy (non-hydrogen) atoms. The smallest absolute Gasteiger partial charge is 0.146 e. The molecule has 3 heteroatoms. The van der Waals surface area contributed by atoms with Crippen molar-refractivity contribution in [2.45, 2.75) is 0 Å². The zero-order valence-electron chi connectivity index (χ0n) is 6.63. The van der Waals surface area contributed by atoms with Gasteiger partial charge in [0.15, 0.2) is 0 Å². The van der Waals surface area contributed by atoms with E-state index in [9.17, 15) is 4.39 Å². The number of rotatable bonds is 2. The van der Waals surface area contributed by atoms with E-state index >= 15 is 0 Å². The molecule has 0 bridgehead atoms. The van der Waals surface area contributed by atoms with Gasteiger partial charge in [-0.3, -0.25) is 0 Å². The highest BCUT2D eigenvalue weighted by molar-refractivity contribution is 5.56. The molecule has 0 unspecified atom stereocenters. The Bertz CT molecular complexity index is 295. The second-order valence-electron chi connectivity index (χ2n) is 2.42. The van der Waals surface area contributed by atoms with Crippen molar-refractivity contribution in [3.8, 4) is 0 Å². The van der Waals surface area contributed by atoms with Gasteiger partial charge in [0.2, 0.25) is 0 Å². The zero-order chi connectivity index (χ0) is 8.97. The summed E-state index contributed by atoms with van der Waals surface area (Å²) < 4.78 is 12.6. The van der Waals surface area contributed by atoms with Crippen LogP contribution in [0.4, 0.5) is 10.1 Å². The third-order valence-electron chi connectivity index (χ3n) is 1.47. The van der Waals surface area contributed by atoms with Crippen LogP contribution < -0.4 is 11.5 Å². The molecule has 4 N–H and O–H groups in total. The average molecular weight is 166 g/mol. The highest BCUT2D eigenvalue weighted by Gasteiger charge is 1.95. The Morgan fingerprint density at radius 1 is 1.42 bits per heavy atom. The minimum atomic E-state index is -0.389. The first-order valence-electron chi connectivity index (χ1n) is 3.65. The number of nitrogens with two attached hydrogens (primary N) is 2. The van der Waals surface area contributed by atoms with Crippen LogP contribution in [0.1, 0.15) is 5.56 Å². The number of nitrogen functional groups attached to an aromatic ring is 1. The van der Waals surface area contributed by atoms with Crippen molar-refractivity contribution in [1.29, 1.82) is 0 Å². The topological polar surface area (TPSA) is 52.0 Å². The van der Waals surface area contributed by atoms with E-state index in [0.29, 0.717) is 6.54 Å². The van der Waals surface area contributed by atoms with Crippen molar-refractivity contribution in [2.24, 2.45) is 5.73 Å². The largest absolute Gasteiger partial charge is 0.396 e. The molecule has 0 saturated carbocycles. The molecule has 1 aromatic carbocycles. The Hall–Kier alpha value is -1.35. The van der Waals surface area contributed by atoms with Gasteiger partial charge < -0.3 is 11.5 Å². The number of halogens is 1. The van der Waals surface area contributed by atoms with E-state index in [2.05, 4.69) is 0 Å². The van der Waals surface area contributed by atoms with Gasteiger partial charge in [0.25, 0.3) is 0 Å². The SMILES string of the molecule is NC/C=C/c1ccc(F)c(N)c1. The molecule has 0 atom stereocenters. The summed E-state index contributed by atoms with van der Waals surface area (Å²) in [4.78, 5) is 0. The van der Waals surface area contributed by atoms with Crippen LogP contribution in [-0.4, -0.2) is 6.54 Å². The number of anilines is 1. The van der Waals surface area contributed by atoms with Crippen LogP contribution in [0, 0.1) is 5.82 Å². The number of hydrogen-bond acceptors (Lipinski definition) is 2. The molecule has 0 heterocycles. The van der Waals surface area contributed by atoms with Crippen molar-refractivity contribution >= 4 is 11.8 Å². The Morgan fingerprint density at radius 3 is 2.75 bits per heavy atom. The molecule has 0 saturated heterocycles. The van der Waals surface area contributed by atoms with Gasteiger partial charge in [0, 0.05) is 6.54 Å². The first kappa shape index (κ1) is 8.74.